The molecule has 0 spiro atoms. The second kappa shape index (κ2) is 5.76. The fourth-order valence-electron chi connectivity index (χ4n) is 2.44. The summed E-state index contributed by atoms with van der Waals surface area (Å²) in [6.45, 7) is 0. The van der Waals surface area contributed by atoms with Crippen molar-refractivity contribution in [2.45, 2.75) is 38.5 Å². The SMILES string of the molecule is O=C(CCc1cc(Br)ccc1F)C1CCCC1. The lowest BCUT2D eigenvalue weighted by atomic mass is 9.97. The van der Waals surface area contributed by atoms with E-state index in [1.807, 2.05) is 0 Å². The van der Waals surface area contributed by atoms with Crippen molar-refractivity contribution in [2.24, 2.45) is 5.92 Å². The average Bonchev–Trinajstić information content (AvgIpc) is 2.83. The molecule has 17 heavy (non-hydrogen) atoms. The van der Waals surface area contributed by atoms with E-state index < -0.39 is 0 Å². The van der Waals surface area contributed by atoms with Gasteiger partial charge in [-0.25, -0.2) is 4.39 Å². The van der Waals surface area contributed by atoms with E-state index in [0.29, 0.717) is 24.2 Å². The Morgan fingerprint density at radius 2 is 2.06 bits per heavy atom. The maximum absolute atomic E-state index is 13.5. The second-order valence-electron chi connectivity index (χ2n) is 4.68. The summed E-state index contributed by atoms with van der Waals surface area (Å²) in [5.74, 6) is 0.333. The van der Waals surface area contributed by atoms with E-state index in [1.165, 1.54) is 18.9 Å². The van der Waals surface area contributed by atoms with Gasteiger partial charge in [0, 0.05) is 16.8 Å². The van der Waals surface area contributed by atoms with Gasteiger partial charge in [0.25, 0.3) is 0 Å². The molecule has 3 heteroatoms. The summed E-state index contributed by atoms with van der Waals surface area (Å²) in [4.78, 5) is 11.9. The highest BCUT2D eigenvalue weighted by Crippen LogP contribution is 2.27. The predicted octanol–water partition coefficient (Wildman–Crippen LogP) is 4.28. The van der Waals surface area contributed by atoms with Gasteiger partial charge < -0.3 is 0 Å². The Balaban J connectivity index is 1.92. The minimum atomic E-state index is -0.215. The molecule has 2 rings (SSSR count). The lowest BCUT2D eigenvalue weighted by Gasteiger charge is -2.08. The van der Waals surface area contributed by atoms with Gasteiger partial charge in [-0.3, -0.25) is 4.79 Å². The molecule has 0 saturated heterocycles. The molecular formula is C14H16BrFO. The van der Waals surface area contributed by atoms with Gasteiger partial charge in [-0.2, -0.15) is 0 Å². The highest BCUT2D eigenvalue weighted by atomic mass is 79.9. The Morgan fingerprint density at radius 1 is 1.35 bits per heavy atom. The van der Waals surface area contributed by atoms with Crippen LogP contribution >= 0.6 is 15.9 Å². The highest BCUT2D eigenvalue weighted by molar-refractivity contribution is 9.10. The van der Waals surface area contributed by atoms with Crippen LogP contribution in [0.15, 0.2) is 22.7 Å². The smallest absolute Gasteiger partial charge is 0.136 e. The molecule has 0 aliphatic heterocycles. The molecule has 0 N–H and O–H groups in total. The zero-order chi connectivity index (χ0) is 12.3. The monoisotopic (exact) mass is 298 g/mol. The first-order valence-corrected chi connectivity index (χ1v) is 6.93. The van der Waals surface area contributed by atoms with Gasteiger partial charge in [0.05, 0.1) is 0 Å². The van der Waals surface area contributed by atoms with Crippen molar-refractivity contribution in [3.63, 3.8) is 0 Å². The zero-order valence-corrected chi connectivity index (χ0v) is 11.3. The van der Waals surface area contributed by atoms with Crippen molar-refractivity contribution in [1.82, 2.24) is 0 Å². The van der Waals surface area contributed by atoms with Crippen molar-refractivity contribution in [3.8, 4) is 0 Å². The van der Waals surface area contributed by atoms with Gasteiger partial charge in [0.2, 0.25) is 0 Å². The Hall–Kier alpha value is -0.700. The second-order valence-corrected chi connectivity index (χ2v) is 5.60. The van der Waals surface area contributed by atoms with Crippen LogP contribution in [0.2, 0.25) is 0 Å². The van der Waals surface area contributed by atoms with Gasteiger partial charge >= 0.3 is 0 Å². The third-order valence-corrected chi connectivity index (χ3v) is 3.95. The number of carbonyl (C=O) groups is 1. The third kappa shape index (κ3) is 3.38. The minimum absolute atomic E-state index is 0.215. The molecule has 1 fully saturated rings. The summed E-state index contributed by atoms with van der Waals surface area (Å²) < 4.78 is 14.3. The lowest BCUT2D eigenvalue weighted by molar-refractivity contribution is -0.122. The van der Waals surface area contributed by atoms with E-state index in [9.17, 15) is 9.18 Å². The Bertz CT molecular complexity index is 411. The van der Waals surface area contributed by atoms with Crippen LogP contribution in [0, 0.1) is 11.7 Å². The number of aryl methyl sites for hydroxylation is 1. The van der Waals surface area contributed by atoms with Crippen molar-refractivity contribution in [2.75, 3.05) is 0 Å². The lowest BCUT2D eigenvalue weighted by Crippen LogP contribution is -2.11. The molecule has 0 radical (unpaired) electrons. The number of hydrogen-bond acceptors (Lipinski definition) is 1. The summed E-state index contributed by atoms with van der Waals surface area (Å²) in [7, 11) is 0. The minimum Gasteiger partial charge on any atom is -0.299 e. The maximum Gasteiger partial charge on any atom is 0.136 e. The quantitative estimate of drug-likeness (QED) is 0.811. The predicted molar refractivity (Wildman–Crippen MR) is 69.4 cm³/mol. The van der Waals surface area contributed by atoms with Crippen LogP contribution in [-0.2, 0) is 11.2 Å². The van der Waals surface area contributed by atoms with Gasteiger partial charge in [-0.05, 0) is 43.0 Å². The van der Waals surface area contributed by atoms with Crippen LogP contribution in [-0.4, -0.2) is 5.78 Å². The first-order chi connectivity index (χ1) is 8.16. The van der Waals surface area contributed by atoms with Gasteiger partial charge in [-0.1, -0.05) is 28.8 Å². The van der Waals surface area contributed by atoms with Crippen LogP contribution in [0.25, 0.3) is 0 Å². The van der Waals surface area contributed by atoms with Gasteiger partial charge in [0.15, 0.2) is 0 Å². The third-order valence-electron chi connectivity index (χ3n) is 3.46. The molecule has 0 amide bonds. The molecule has 0 atom stereocenters. The van der Waals surface area contributed by atoms with Crippen LogP contribution in [0.1, 0.15) is 37.7 Å². The van der Waals surface area contributed by atoms with E-state index in [1.54, 1.807) is 12.1 Å². The van der Waals surface area contributed by atoms with Crippen molar-refractivity contribution in [3.05, 3.63) is 34.1 Å². The van der Waals surface area contributed by atoms with Crippen LogP contribution in [0.4, 0.5) is 4.39 Å². The first kappa shape index (κ1) is 12.7. The number of rotatable bonds is 4. The Morgan fingerprint density at radius 3 is 2.76 bits per heavy atom. The molecular weight excluding hydrogens is 283 g/mol. The van der Waals surface area contributed by atoms with Crippen molar-refractivity contribution >= 4 is 21.7 Å². The van der Waals surface area contributed by atoms with E-state index in [4.69, 9.17) is 0 Å². The molecule has 0 aromatic heterocycles. The van der Waals surface area contributed by atoms with Crippen molar-refractivity contribution < 1.29 is 9.18 Å². The number of benzene rings is 1. The van der Waals surface area contributed by atoms with E-state index in [2.05, 4.69) is 15.9 Å². The van der Waals surface area contributed by atoms with E-state index >= 15 is 0 Å². The number of carbonyl (C=O) groups excluding carboxylic acids is 1. The molecule has 1 nitrogen and oxygen atoms in total. The molecule has 1 aliphatic rings. The first-order valence-electron chi connectivity index (χ1n) is 6.13. The van der Waals surface area contributed by atoms with Crippen LogP contribution in [0.3, 0.4) is 0 Å². The standard InChI is InChI=1S/C14H16BrFO/c15-12-6-7-13(16)11(9-12)5-8-14(17)10-3-1-2-4-10/h6-7,9-10H,1-5,8H2. The molecule has 1 aromatic rings. The normalized spacial score (nSPS) is 16.4. The van der Waals surface area contributed by atoms with E-state index in [-0.39, 0.29) is 11.7 Å². The zero-order valence-electron chi connectivity index (χ0n) is 9.72. The number of halogens is 2. The molecule has 1 aromatic carbocycles. The maximum atomic E-state index is 13.5. The summed E-state index contributed by atoms with van der Waals surface area (Å²) >= 11 is 3.32. The molecule has 0 unspecified atom stereocenters. The van der Waals surface area contributed by atoms with Gasteiger partial charge in [-0.15, -0.1) is 0 Å². The Kier molecular flexibility index (Phi) is 4.32. The fraction of sp³-hybridized carbons (Fsp3) is 0.500. The summed E-state index contributed by atoms with van der Waals surface area (Å²) in [5, 5.41) is 0. The van der Waals surface area contributed by atoms with Crippen molar-refractivity contribution in [1.29, 1.82) is 0 Å². The van der Waals surface area contributed by atoms with Crippen LogP contribution in [0.5, 0.6) is 0 Å². The van der Waals surface area contributed by atoms with Crippen LogP contribution < -0.4 is 0 Å². The summed E-state index contributed by atoms with van der Waals surface area (Å²) in [6.07, 6.45) is 5.38. The Labute approximate surface area is 110 Å². The molecule has 1 saturated carbocycles. The molecule has 0 bridgehead atoms. The summed E-state index contributed by atoms with van der Waals surface area (Å²) in [6, 6.07) is 4.88. The molecule has 92 valence electrons. The number of hydrogen-bond donors (Lipinski definition) is 0. The average molecular weight is 299 g/mol. The molecule has 0 heterocycles. The topological polar surface area (TPSA) is 17.1 Å². The number of ketones is 1. The molecule has 1 aliphatic carbocycles. The number of Topliss-reactive ketones (excluding diaryl/α,β-unsaturated/α-hetero) is 1. The summed E-state index contributed by atoms with van der Waals surface area (Å²) in [5.41, 5.74) is 0.630. The van der Waals surface area contributed by atoms with Gasteiger partial charge in [0.1, 0.15) is 11.6 Å². The highest BCUT2D eigenvalue weighted by Gasteiger charge is 2.22. The fourth-order valence-corrected chi connectivity index (χ4v) is 2.85. The van der Waals surface area contributed by atoms with E-state index in [0.717, 1.165) is 17.3 Å². The largest absolute Gasteiger partial charge is 0.299 e.